The van der Waals surface area contributed by atoms with Crippen molar-refractivity contribution in [2.45, 2.75) is 13.8 Å². The maximum Gasteiger partial charge on any atom is 0.123 e. The second kappa shape index (κ2) is 3.98. The molecule has 1 nitrogen and oxygen atoms in total. The molecule has 2 heteroatoms. The van der Waals surface area contributed by atoms with Crippen LogP contribution in [0.3, 0.4) is 0 Å². The highest BCUT2D eigenvalue weighted by molar-refractivity contribution is 5.87. The number of hydrogen-bond acceptors (Lipinski definition) is 0. The molecule has 0 aliphatic carbocycles. The van der Waals surface area contributed by atoms with Gasteiger partial charge in [0.05, 0.1) is 0 Å². The number of aromatic amines is 1. The van der Waals surface area contributed by atoms with Crippen molar-refractivity contribution in [2.24, 2.45) is 0 Å². The van der Waals surface area contributed by atoms with E-state index in [9.17, 15) is 4.39 Å². The highest BCUT2D eigenvalue weighted by Crippen LogP contribution is 2.26. The van der Waals surface area contributed by atoms with Gasteiger partial charge in [0.15, 0.2) is 0 Å². The van der Waals surface area contributed by atoms with Crippen LogP contribution < -0.4 is 0 Å². The number of fused-ring (bicyclic) bond motifs is 1. The van der Waals surface area contributed by atoms with Crippen LogP contribution in [0.25, 0.3) is 22.2 Å². The molecule has 1 N–H and O–H groups in total. The van der Waals surface area contributed by atoms with E-state index in [0.29, 0.717) is 0 Å². The van der Waals surface area contributed by atoms with Crippen molar-refractivity contribution in [2.75, 3.05) is 0 Å². The van der Waals surface area contributed by atoms with E-state index < -0.39 is 0 Å². The van der Waals surface area contributed by atoms with E-state index in [1.807, 2.05) is 0 Å². The molecule has 0 fully saturated rings. The Balaban J connectivity index is 2.16. The second-order valence-corrected chi connectivity index (χ2v) is 4.71. The van der Waals surface area contributed by atoms with Crippen LogP contribution in [0.2, 0.25) is 0 Å². The van der Waals surface area contributed by atoms with E-state index in [-0.39, 0.29) is 5.82 Å². The zero-order valence-electron chi connectivity index (χ0n) is 10.4. The molecule has 0 bridgehead atoms. The van der Waals surface area contributed by atoms with E-state index in [1.54, 1.807) is 12.1 Å². The van der Waals surface area contributed by atoms with Crippen molar-refractivity contribution >= 4 is 10.9 Å². The van der Waals surface area contributed by atoms with Crippen molar-refractivity contribution in [1.29, 1.82) is 0 Å². The maximum atomic E-state index is 12.9. The standard InChI is InChI=1S/C16H14FN/c1-10-7-13-9-16(18-15(13)8-11(10)2)12-3-5-14(17)6-4-12/h3-9,18H,1-2H3. The maximum absolute atomic E-state index is 12.9. The molecule has 1 aromatic heterocycles. The van der Waals surface area contributed by atoms with Crippen LogP contribution in [0.5, 0.6) is 0 Å². The molecule has 0 unspecified atom stereocenters. The first-order valence-corrected chi connectivity index (χ1v) is 5.99. The SMILES string of the molecule is Cc1cc2cc(-c3ccc(F)cc3)[nH]c2cc1C. The highest BCUT2D eigenvalue weighted by Gasteiger charge is 2.05. The van der Waals surface area contributed by atoms with Crippen molar-refractivity contribution < 1.29 is 4.39 Å². The van der Waals surface area contributed by atoms with E-state index in [0.717, 1.165) is 16.8 Å². The van der Waals surface area contributed by atoms with Crippen LogP contribution in [0, 0.1) is 19.7 Å². The molecule has 1 heterocycles. The van der Waals surface area contributed by atoms with Gasteiger partial charge >= 0.3 is 0 Å². The third-order valence-electron chi connectivity index (χ3n) is 3.39. The predicted octanol–water partition coefficient (Wildman–Crippen LogP) is 4.59. The summed E-state index contributed by atoms with van der Waals surface area (Å²) in [5.41, 5.74) is 5.71. The summed E-state index contributed by atoms with van der Waals surface area (Å²) < 4.78 is 12.9. The van der Waals surface area contributed by atoms with E-state index >= 15 is 0 Å². The summed E-state index contributed by atoms with van der Waals surface area (Å²) in [5.74, 6) is -0.207. The highest BCUT2D eigenvalue weighted by atomic mass is 19.1. The minimum Gasteiger partial charge on any atom is -0.355 e. The lowest BCUT2D eigenvalue weighted by Crippen LogP contribution is -1.80. The van der Waals surface area contributed by atoms with Crippen molar-refractivity contribution in [3.63, 3.8) is 0 Å². The molecule has 0 saturated heterocycles. The zero-order valence-corrected chi connectivity index (χ0v) is 10.4. The molecule has 0 atom stereocenters. The number of H-pyrrole nitrogens is 1. The van der Waals surface area contributed by atoms with Crippen LogP contribution in [-0.4, -0.2) is 4.98 Å². The topological polar surface area (TPSA) is 15.8 Å². The minimum absolute atomic E-state index is 0.207. The summed E-state index contributed by atoms with van der Waals surface area (Å²) in [4.78, 5) is 3.38. The van der Waals surface area contributed by atoms with Gasteiger partial charge in [-0.1, -0.05) is 0 Å². The summed E-state index contributed by atoms with van der Waals surface area (Å²) in [6, 6.07) is 13.0. The van der Waals surface area contributed by atoms with Gasteiger partial charge < -0.3 is 4.98 Å². The van der Waals surface area contributed by atoms with Crippen molar-refractivity contribution in [3.8, 4) is 11.3 Å². The van der Waals surface area contributed by atoms with Crippen LogP contribution in [0.4, 0.5) is 4.39 Å². The molecule has 3 aromatic rings. The van der Waals surface area contributed by atoms with Crippen molar-refractivity contribution in [1.82, 2.24) is 4.98 Å². The lowest BCUT2D eigenvalue weighted by molar-refractivity contribution is 0.628. The van der Waals surface area contributed by atoms with Gasteiger partial charge in [0, 0.05) is 16.6 Å². The summed E-state index contributed by atoms with van der Waals surface area (Å²) in [6.07, 6.45) is 0. The summed E-state index contributed by atoms with van der Waals surface area (Å²) in [7, 11) is 0. The van der Waals surface area contributed by atoms with Crippen LogP contribution in [-0.2, 0) is 0 Å². The predicted molar refractivity (Wildman–Crippen MR) is 73.2 cm³/mol. The molecule has 18 heavy (non-hydrogen) atoms. The summed E-state index contributed by atoms with van der Waals surface area (Å²) in [6.45, 7) is 4.21. The second-order valence-electron chi connectivity index (χ2n) is 4.71. The van der Waals surface area contributed by atoms with Gasteiger partial charge in [-0.2, -0.15) is 0 Å². The molecular formula is C16H14FN. The van der Waals surface area contributed by atoms with E-state index in [2.05, 4.69) is 37.0 Å². The number of hydrogen-bond donors (Lipinski definition) is 1. The first kappa shape index (κ1) is 11.0. The van der Waals surface area contributed by atoms with Gasteiger partial charge in [0.2, 0.25) is 0 Å². The number of benzene rings is 2. The Morgan fingerprint density at radius 2 is 1.56 bits per heavy atom. The summed E-state index contributed by atoms with van der Waals surface area (Å²) in [5, 5.41) is 1.19. The number of aryl methyl sites for hydroxylation is 2. The van der Waals surface area contributed by atoms with Crippen LogP contribution in [0.15, 0.2) is 42.5 Å². The lowest BCUT2D eigenvalue weighted by atomic mass is 10.1. The molecule has 0 amide bonds. The van der Waals surface area contributed by atoms with Gasteiger partial charge in [-0.05, 0) is 73.0 Å². The number of aromatic nitrogens is 1. The lowest BCUT2D eigenvalue weighted by Gasteiger charge is -1.98. The summed E-state index contributed by atoms with van der Waals surface area (Å²) >= 11 is 0. The molecule has 0 aliphatic rings. The fraction of sp³-hybridized carbons (Fsp3) is 0.125. The van der Waals surface area contributed by atoms with Crippen LogP contribution in [0.1, 0.15) is 11.1 Å². The Kier molecular flexibility index (Phi) is 2.44. The number of rotatable bonds is 1. The largest absolute Gasteiger partial charge is 0.355 e. The normalized spacial score (nSPS) is 11.1. The Hall–Kier alpha value is -2.09. The minimum atomic E-state index is -0.207. The molecule has 0 spiro atoms. The van der Waals surface area contributed by atoms with Gasteiger partial charge in [-0.3, -0.25) is 0 Å². The quantitative estimate of drug-likeness (QED) is 0.639. The third kappa shape index (κ3) is 1.80. The van der Waals surface area contributed by atoms with Gasteiger partial charge in [-0.15, -0.1) is 0 Å². The number of nitrogens with one attached hydrogen (secondary N) is 1. The average molecular weight is 239 g/mol. The van der Waals surface area contributed by atoms with E-state index in [4.69, 9.17) is 0 Å². The first-order chi connectivity index (χ1) is 8.63. The monoisotopic (exact) mass is 239 g/mol. The Morgan fingerprint density at radius 3 is 2.28 bits per heavy atom. The van der Waals surface area contributed by atoms with Gasteiger partial charge in [-0.25, -0.2) is 4.39 Å². The van der Waals surface area contributed by atoms with E-state index in [1.165, 1.54) is 28.6 Å². The molecule has 0 aliphatic heterocycles. The van der Waals surface area contributed by atoms with Gasteiger partial charge in [0.25, 0.3) is 0 Å². The van der Waals surface area contributed by atoms with Crippen LogP contribution >= 0.6 is 0 Å². The Morgan fingerprint density at radius 1 is 0.889 bits per heavy atom. The molecule has 0 radical (unpaired) electrons. The molecular weight excluding hydrogens is 225 g/mol. The smallest absolute Gasteiger partial charge is 0.123 e. The van der Waals surface area contributed by atoms with Crippen molar-refractivity contribution in [3.05, 3.63) is 59.4 Å². The first-order valence-electron chi connectivity index (χ1n) is 5.99. The zero-order chi connectivity index (χ0) is 12.7. The Bertz CT molecular complexity index is 669. The number of halogens is 1. The fourth-order valence-electron chi connectivity index (χ4n) is 2.19. The molecule has 90 valence electrons. The average Bonchev–Trinajstić information content (AvgIpc) is 2.73. The van der Waals surface area contributed by atoms with Gasteiger partial charge in [0.1, 0.15) is 5.82 Å². The fourth-order valence-corrected chi connectivity index (χ4v) is 2.19. The molecule has 3 rings (SSSR count). The molecule has 0 saturated carbocycles. The molecule has 2 aromatic carbocycles. The Labute approximate surface area is 105 Å². The third-order valence-corrected chi connectivity index (χ3v) is 3.39.